The fourth-order valence-electron chi connectivity index (χ4n) is 1.48. The Morgan fingerprint density at radius 3 is 2.82 bits per heavy atom. The molecule has 0 aliphatic rings. The molecule has 3 nitrogen and oxygen atoms in total. The van der Waals surface area contributed by atoms with E-state index in [0.717, 1.165) is 22.0 Å². The van der Waals surface area contributed by atoms with E-state index in [2.05, 4.69) is 27.9 Å². The Bertz CT molecular complexity index is 368. The predicted molar refractivity (Wildman–Crippen MR) is 77.0 cm³/mol. The summed E-state index contributed by atoms with van der Waals surface area (Å²) in [4.78, 5) is 11.8. The molecule has 94 valence electrons. The molecule has 0 aliphatic heterocycles. The van der Waals surface area contributed by atoms with E-state index in [4.69, 9.17) is 5.11 Å². The number of hydrogen-bond donors (Lipinski definition) is 2. The number of carbonyl (C=O) groups excluding carboxylic acids is 1. The van der Waals surface area contributed by atoms with Gasteiger partial charge in [0.25, 0.3) is 5.91 Å². The minimum Gasteiger partial charge on any atom is -0.396 e. The highest BCUT2D eigenvalue weighted by Crippen LogP contribution is 2.11. The summed E-state index contributed by atoms with van der Waals surface area (Å²) in [6.07, 6.45) is 1.83. The van der Waals surface area contributed by atoms with Crippen molar-refractivity contribution < 1.29 is 9.90 Å². The van der Waals surface area contributed by atoms with E-state index in [0.29, 0.717) is 12.5 Å². The highest BCUT2D eigenvalue weighted by molar-refractivity contribution is 14.1. The number of amides is 1. The van der Waals surface area contributed by atoms with Crippen molar-refractivity contribution in [2.75, 3.05) is 13.2 Å². The van der Waals surface area contributed by atoms with Crippen molar-refractivity contribution in [1.29, 1.82) is 0 Å². The summed E-state index contributed by atoms with van der Waals surface area (Å²) in [6, 6.07) is 7.53. The Morgan fingerprint density at radius 2 is 2.18 bits per heavy atom. The number of benzene rings is 1. The zero-order valence-electron chi connectivity index (χ0n) is 9.95. The number of aliphatic hydroxyl groups excluding tert-OH is 1. The lowest BCUT2D eigenvalue weighted by Gasteiger charge is -2.09. The smallest absolute Gasteiger partial charge is 0.252 e. The third kappa shape index (κ3) is 5.04. The average Bonchev–Trinajstić information content (AvgIpc) is 2.34. The molecule has 1 atom stereocenters. The molecule has 0 aromatic heterocycles. The lowest BCUT2D eigenvalue weighted by molar-refractivity contribution is 0.0951. The first-order chi connectivity index (χ1) is 8.15. The largest absolute Gasteiger partial charge is 0.396 e. The summed E-state index contributed by atoms with van der Waals surface area (Å²) in [5.41, 5.74) is 0.725. The van der Waals surface area contributed by atoms with Crippen molar-refractivity contribution in [3.63, 3.8) is 0 Å². The van der Waals surface area contributed by atoms with Crippen molar-refractivity contribution >= 4 is 28.5 Å². The van der Waals surface area contributed by atoms with Gasteiger partial charge in [0.2, 0.25) is 0 Å². The molecule has 1 aromatic carbocycles. The molecule has 4 heteroatoms. The third-order valence-corrected chi connectivity index (χ3v) is 3.53. The molecule has 0 fully saturated rings. The van der Waals surface area contributed by atoms with Crippen LogP contribution in [0.25, 0.3) is 0 Å². The maximum absolute atomic E-state index is 11.8. The lowest BCUT2D eigenvalue weighted by atomic mass is 10.1. The molecule has 0 heterocycles. The van der Waals surface area contributed by atoms with Gasteiger partial charge in [0, 0.05) is 16.7 Å². The van der Waals surface area contributed by atoms with Crippen LogP contribution in [0.2, 0.25) is 0 Å². The van der Waals surface area contributed by atoms with Gasteiger partial charge in [0.1, 0.15) is 0 Å². The van der Waals surface area contributed by atoms with E-state index >= 15 is 0 Å². The maximum Gasteiger partial charge on any atom is 0.252 e. The van der Waals surface area contributed by atoms with Crippen LogP contribution in [0.1, 0.15) is 30.1 Å². The average molecular weight is 347 g/mol. The van der Waals surface area contributed by atoms with Crippen LogP contribution in [-0.4, -0.2) is 24.2 Å². The van der Waals surface area contributed by atoms with Gasteiger partial charge in [0.15, 0.2) is 0 Å². The van der Waals surface area contributed by atoms with E-state index in [1.165, 1.54) is 0 Å². The molecule has 0 radical (unpaired) electrons. The molecule has 0 spiro atoms. The fraction of sp³-hybridized carbons (Fsp3) is 0.462. The van der Waals surface area contributed by atoms with Crippen LogP contribution in [0, 0.1) is 9.49 Å². The molecular formula is C13H18INO2. The Hall–Kier alpha value is -0.620. The van der Waals surface area contributed by atoms with E-state index in [1.807, 2.05) is 31.2 Å². The molecule has 1 amide bonds. The Balaban J connectivity index is 2.33. The quantitative estimate of drug-likeness (QED) is 0.613. The summed E-state index contributed by atoms with van der Waals surface area (Å²) < 4.78 is 0.964. The molecule has 17 heavy (non-hydrogen) atoms. The number of rotatable bonds is 6. The highest BCUT2D eigenvalue weighted by atomic mass is 127. The van der Waals surface area contributed by atoms with Crippen LogP contribution in [0.4, 0.5) is 0 Å². The topological polar surface area (TPSA) is 49.3 Å². The van der Waals surface area contributed by atoms with Gasteiger partial charge < -0.3 is 10.4 Å². The third-order valence-electron chi connectivity index (χ3n) is 2.59. The Kier molecular flexibility index (Phi) is 6.50. The van der Waals surface area contributed by atoms with Crippen LogP contribution >= 0.6 is 22.6 Å². The summed E-state index contributed by atoms with van der Waals surface area (Å²) >= 11 is 2.16. The van der Waals surface area contributed by atoms with Crippen LogP contribution in [0.15, 0.2) is 24.3 Å². The van der Waals surface area contributed by atoms with E-state index in [9.17, 15) is 4.79 Å². The number of aliphatic hydroxyl groups is 1. The van der Waals surface area contributed by atoms with Gasteiger partial charge in [-0.15, -0.1) is 0 Å². The van der Waals surface area contributed by atoms with Gasteiger partial charge in [-0.3, -0.25) is 4.79 Å². The van der Waals surface area contributed by atoms with Gasteiger partial charge >= 0.3 is 0 Å². The molecule has 0 saturated heterocycles. The molecule has 1 unspecified atom stereocenters. The van der Waals surface area contributed by atoms with Crippen LogP contribution in [0.5, 0.6) is 0 Å². The van der Waals surface area contributed by atoms with Crippen LogP contribution in [-0.2, 0) is 0 Å². The van der Waals surface area contributed by atoms with E-state index < -0.39 is 0 Å². The number of halogens is 1. The molecule has 0 bridgehead atoms. The van der Waals surface area contributed by atoms with Gasteiger partial charge in [0.05, 0.1) is 5.56 Å². The SMILES string of the molecule is CC(CO)CCCNC(=O)c1ccccc1I. The number of hydrogen-bond acceptors (Lipinski definition) is 2. The minimum absolute atomic E-state index is 0.0216. The van der Waals surface area contributed by atoms with Gasteiger partial charge in [-0.05, 0) is 53.5 Å². The van der Waals surface area contributed by atoms with E-state index in [-0.39, 0.29) is 12.5 Å². The summed E-state index contributed by atoms with van der Waals surface area (Å²) in [5, 5.41) is 11.8. The maximum atomic E-state index is 11.8. The first kappa shape index (κ1) is 14.4. The second-order valence-corrected chi connectivity index (χ2v) is 5.33. The van der Waals surface area contributed by atoms with Gasteiger partial charge in [-0.1, -0.05) is 19.1 Å². The van der Waals surface area contributed by atoms with Crippen molar-refractivity contribution in [2.45, 2.75) is 19.8 Å². The molecular weight excluding hydrogens is 329 g/mol. The highest BCUT2D eigenvalue weighted by Gasteiger charge is 2.08. The summed E-state index contributed by atoms with van der Waals surface area (Å²) in [6.45, 7) is 2.88. The van der Waals surface area contributed by atoms with Crippen molar-refractivity contribution in [2.24, 2.45) is 5.92 Å². The lowest BCUT2D eigenvalue weighted by Crippen LogP contribution is -2.25. The molecule has 0 saturated carbocycles. The second kappa shape index (κ2) is 7.66. The van der Waals surface area contributed by atoms with Crippen molar-refractivity contribution in [3.8, 4) is 0 Å². The van der Waals surface area contributed by atoms with Gasteiger partial charge in [-0.25, -0.2) is 0 Å². The molecule has 0 aliphatic carbocycles. The summed E-state index contributed by atoms with van der Waals surface area (Å²) in [5.74, 6) is 0.287. The van der Waals surface area contributed by atoms with E-state index in [1.54, 1.807) is 0 Å². The van der Waals surface area contributed by atoms with Crippen molar-refractivity contribution in [3.05, 3.63) is 33.4 Å². The second-order valence-electron chi connectivity index (χ2n) is 4.17. The number of nitrogens with one attached hydrogen (secondary N) is 1. The monoisotopic (exact) mass is 347 g/mol. The van der Waals surface area contributed by atoms with Crippen LogP contribution in [0.3, 0.4) is 0 Å². The summed E-state index contributed by atoms with van der Waals surface area (Å²) in [7, 11) is 0. The first-order valence-electron chi connectivity index (χ1n) is 5.78. The first-order valence-corrected chi connectivity index (χ1v) is 6.86. The number of carbonyl (C=O) groups is 1. The fourth-order valence-corrected chi connectivity index (χ4v) is 2.12. The zero-order chi connectivity index (χ0) is 12.7. The minimum atomic E-state index is -0.0216. The van der Waals surface area contributed by atoms with Crippen molar-refractivity contribution in [1.82, 2.24) is 5.32 Å². The molecule has 2 N–H and O–H groups in total. The normalized spacial score (nSPS) is 12.2. The standard InChI is InChI=1S/C13H18INO2/c1-10(9-16)5-4-8-15-13(17)11-6-2-3-7-12(11)14/h2-3,6-7,10,16H,4-5,8-9H2,1H3,(H,15,17). The van der Waals surface area contributed by atoms with Crippen LogP contribution < -0.4 is 5.32 Å². The molecule has 1 rings (SSSR count). The Morgan fingerprint density at radius 1 is 1.47 bits per heavy atom. The molecule has 1 aromatic rings. The van der Waals surface area contributed by atoms with Gasteiger partial charge in [-0.2, -0.15) is 0 Å². The zero-order valence-corrected chi connectivity index (χ0v) is 12.1. The Labute approximate surface area is 116 Å². The predicted octanol–water partition coefficient (Wildman–Crippen LogP) is 2.43.